The van der Waals surface area contributed by atoms with E-state index in [0.29, 0.717) is 0 Å². The summed E-state index contributed by atoms with van der Waals surface area (Å²) in [4.78, 5) is 20.6. The summed E-state index contributed by atoms with van der Waals surface area (Å²) in [6.07, 6.45) is 3.08. The molecule has 6 nitrogen and oxygen atoms in total. The molecular weight excluding hydrogens is 188 g/mol. The Bertz CT molecular complexity index is 405. The minimum Gasteiger partial charge on any atom is -0.477 e. The van der Waals surface area contributed by atoms with Crippen molar-refractivity contribution in [3.63, 3.8) is 0 Å². The third-order valence-corrected chi connectivity index (χ3v) is 2.20. The summed E-state index contributed by atoms with van der Waals surface area (Å²) >= 11 is 0. The van der Waals surface area contributed by atoms with E-state index in [1.807, 2.05) is 0 Å². The number of hydrogen-bond donors (Lipinski definition) is 1. The second kappa shape index (κ2) is 2.83. The minimum absolute atomic E-state index is 0.000741. The highest BCUT2D eigenvalue weighted by molar-refractivity contribution is 5.87. The van der Waals surface area contributed by atoms with Crippen LogP contribution in [0.1, 0.15) is 29.4 Å². The zero-order chi connectivity index (χ0) is 10.3. The molecule has 1 aliphatic rings. The molecule has 0 amide bonds. The highest BCUT2D eigenvalue weighted by Crippen LogP contribution is 2.37. The minimum atomic E-state index is -1.12. The van der Waals surface area contributed by atoms with E-state index in [-0.39, 0.29) is 17.4 Å². The third-order valence-electron chi connectivity index (χ3n) is 2.20. The van der Waals surface area contributed by atoms with Gasteiger partial charge in [-0.3, -0.25) is 10.1 Å². The number of hydrogen-bond acceptors (Lipinski definition) is 3. The van der Waals surface area contributed by atoms with E-state index in [4.69, 9.17) is 5.11 Å². The molecule has 1 fully saturated rings. The lowest BCUT2D eigenvalue weighted by Crippen LogP contribution is -2.05. The normalized spacial score (nSPS) is 15.4. The molecule has 0 aromatic carbocycles. The van der Waals surface area contributed by atoms with Gasteiger partial charge in [0.1, 0.15) is 5.69 Å². The van der Waals surface area contributed by atoms with Gasteiger partial charge in [0.15, 0.2) is 0 Å². The summed E-state index contributed by atoms with van der Waals surface area (Å²) < 4.78 is 1.47. The first-order valence-corrected chi connectivity index (χ1v) is 4.19. The molecule has 1 aliphatic carbocycles. The van der Waals surface area contributed by atoms with Crippen LogP contribution in [-0.2, 0) is 0 Å². The third kappa shape index (κ3) is 1.34. The molecule has 0 saturated heterocycles. The van der Waals surface area contributed by atoms with Gasteiger partial charge in [0, 0.05) is 12.1 Å². The van der Waals surface area contributed by atoms with Gasteiger partial charge in [0.25, 0.3) is 5.69 Å². The van der Waals surface area contributed by atoms with E-state index in [1.165, 1.54) is 10.8 Å². The summed E-state index contributed by atoms with van der Waals surface area (Å²) in [5.41, 5.74) is -0.159. The average molecular weight is 196 g/mol. The highest BCUT2D eigenvalue weighted by atomic mass is 16.6. The van der Waals surface area contributed by atoms with Crippen LogP contribution in [0.5, 0.6) is 0 Å². The van der Waals surface area contributed by atoms with Crippen LogP contribution in [-0.4, -0.2) is 20.6 Å². The Labute approximate surface area is 78.9 Å². The Hall–Kier alpha value is -1.85. The van der Waals surface area contributed by atoms with Crippen molar-refractivity contribution in [2.24, 2.45) is 0 Å². The van der Waals surface area contributed by atoms with E-state index in [9.17, 15) is 14.9 Å². The van der Waals surface area contributed by atoms with Crippen LogP contribution < -0.4 is 0 Å². The second-order valence-corrected chi connectivity index (χ2v) is 3.28. The Morgan fingerprint density at radius 2 is 2.29 bits per heavy atom. The number of aromatic nitrogens is 1. The Morgan fingerprint density at radius 1 is 1.64 bits per heavy atom. The largest absolute Gasteiger partial charge is 0.477 e. The lowest BCUT2D eigenvalue weighted by atomic mass is 10.4. The maximum Gasteiger partial charge on any atom is 0.352 e. The molecule has 1 aromatic heterocycles. The fourth-order valence-electron chi connectivity index (χ4n) is 1.39. The number of carbonyl (C=O) groups is 1. The molecule has 0 spiro atoms. The molecule has 74 valence electrons. The molecule has 0 atom stereocenters. The van der Waals surface area contributed by atoms with Crippen LogP contribution in [0.15, 0.2) is 12.3 Å². The predicted octanol–water partition coefficient (Wildman–Crippen LogP) is 1.43. The molecule has 0 unspecified atom stereocenters. The first-order chi connectivity index (χ1) is 6.59. The number of carboxylic acid groups (broad SMARTS) is 1. The van der Waals surface area contributed by atoms with Gasteiger partial charge >= 0.3 is 5.97 Å². The quantitative estimate of drug-likeness (QED) is 0.585. The Morgan fingerprint density at radius 3 is 2.71 bits per heavy atom. The molecule has 1 N–H and O–H groups in total. The van der Waals surface area contributed by atoms with Crippen LogP contribution in [0.4, 0.5) is 5.69 Å². The fourth-order valence-corrected chi connectivity index (χ4v) is 1.39. The van der Waals surface area contributed by atoms with Crippen molar-refractivity contribution in [2.75, 3.05) is 0 Å². The number of aromatic carboxylic acids is 1. The van der Waals surface area contributed by atoms with Gasteiger partial charge in [-0.05, 0) is 12.8 Å². The smallest absolute Gasteiger partial charge is 0.352 e. The van der Waals surface area contributed by atoms with Crippen LogP contribution in [0.2, 0.25) is 0 Å². The van der Waals surface area contributed by atoms with Gasteiger partial charge in [0.05, 0.1) is 11.1 Å². The van der Waals surface area contributed by atoms with Gasteiger partial charge < -0.3 is 9.67 Å². The van der Waals surface area contributed by atoms with Crippen LogP contribution in [0, 0.1) is 10.1 Å². The Kier molecular flexibility index (Phi) is 1.77. The molecule has 1 aromatic rings. The van der Waals surface area contributed by atoms with Crippen molar-refractivity contribution in [2.45, 2.75) is 18.9 Å². The SMILES string of the molecule is O=C(O)c1cc([N+](=O)[O-])cn1C1CC1. The maximum atomic E-state index is 10.7. The monoisotopic (exact) mass is 196 g/mol. The highest BCUT2D eigenvalue weighted by Gasteiger charge is 2.30. The molecule has 2 rings (SSSR count). The molecule has 0 aliphatic heterocycles. The lowest BCUT2D eigenvalue weighted by Gasteiger charge is -2.00. The summed E-state index contributed by atoms with van der Waals surface area (Å²) in [5.74, 6) is -1.12. The van der Waals surface area contributed by atoms with Gasteiger partial charge in [-0.1, -0.05) is 0 Å². The van der Waals surface area contributed by atoms with Crippen molar-refractivity contribution < 1.29 is 14.8 Å². The summed E-state index contributed by atoms with van der Waals surface area (Å²) in [5, 5.41) is 19.2. The average Bonchev–Trinajstić information content (AvgIpc) is 2.83. The fraction of sp³-hybridized carbons (Fsp3) is 0.375. The van der Waals surface area contributed by atoms with Gasteiger partial charge in [-0.25, -0.2) is 4.79 Å². The van der Waals surface area contributed by atoms with Gasteiger partial charge in [0.2, 0.25) is 0 Å². The number of nitrogens with zero attached hydrogens (tertiary/aromatic N) is 2. The molecule has 1 heterocycles. The van der Waals surface area contributed by atoms with E-state index in [2.05, 4.69) is 0 Å². The topological polar surface area (TPSA) is 85.4 Å². The molecule has 14 heavy (non-hydrogen) atoms. The molecule has 0 radical (unpaired) electrons. The van der Waals surface area contributed by atoms with Crippen molar-refractivity contribution in [3.05, 3.63) is 28.1 Å². The Balaban J connectivity index is 2.45. The van der Waals surface area contributed by atoms with E-state index in [1.54, 1.807) is 0 Å². The van der Waals surface area contributed by atoms with Crippen LogP contribution >= 0.6 is 0 Å². The van der Waals surface area contributed by atoms with Crippen molar-refractivity contribution in [3.8, 4) is 0 Å². The maximum absolute atomic E-state index is 10.7. The van der Waals surface area contributed by atoms with E-state index in [0.717, 1.165) is 18.9 Å². The molecule has 6 heteroatoms. The molecule has 0 bridgehead atoms. The standard InChI is InChI=1S/C8H8N2O4/c11-8(12)7-3-6(10(13)14)4-9(7)5-1-2-5/h3-5H,1-2H2,(H,11,12). The summed E-state index contributed by atoms with van der Waals surface area (Å²) in [6, 6.07) is 1.23. The molecule has 1 saturated carbocycles. The predicted molar refractivity (Wildman–Crippen MR) is 46.3 cm³/mol. The summed E-state index contributed by atoms with van der Waals surface area (Å²) in [6.45, 7) is 0. The first kappa shape index (κ1) is 8.74. The van der Waals surface area contributed by atoms with Gasteiger partial charge in [-0.2, -0.15) is 0 Å². The number of nitro groups is 1. The van der Waals surface area contributed by atoms with Crippen LogP contribution in [0.25, 0.3) is 0 Å². The molecular formula is C8H8N2O4. The zero-order valence-corrected chi connectivity index (χ0v) is 7.21. The summed E-state index contributed by atoms with van der Waals surface area (Å²) in [7, 11) is 0. The van der Waals surface area contributed by atoms with Crippen molar-refractivity contribution in [1.82, 2.24) is 4.57 Å². The van der Waals surface area contributed by atoms with Crippen molar-refractivity contribution >= 4 is 11.7 Å². The lowest BCUT2D eigenvalue weighted by molar-refractivity contribution is -0.384. The zero-order valence-electron chi connectivity index (χ0n) is 7.21. The number of carboxylic acids is 1. The van der Waals surface area contributed by atoms with Crippen molar-refractivity contribution in [1.29, 1.82) is 0 Å². The van der Waals surface area contributed by atoms with Gasteiger partial charge in [-0.15, -0.1) is 0 Å². The first-order valence-electron chi connectivity index (χ1n) is 4.19. The van der Waals surface area contributed by atoms with E-state index >= 15 is 0 Å². The van der Waals surface area contributed by atoms with E-state index < -0.39 is 10.9 Å². The second-order valence-electron chi connectivity index (χ2n) is 3.28. The van der Waals surface area contributed by atoms with Crippen LogP contribution in [0.3, 0.4) is 0 Å². The number of rotatable bonds is 3.